The lowest BCUT2D eigenvalue weighted by molar-refractivity contribution is 0.102. The number of para-hydroxylation sites is 1. The number of hydrogen-bond donors (Lipinski definition) is 5. The molecule has 5 N–H and O–H groups in total. The van der Waals surface area contributed by atoms with Crippen LogP contribution in [-0.4, -0.2) is 26.9 Å². The zero-order valence-electron chi connectivity index (χ0n) is 15.0. The van der Waals surface area contributed by atoms with E-state index in [1.54, 1.807) is 36.4 Å². The molecule has 0 fully saturated rings. The van der Waals surface area contributed by atoms with Crippen LogP contribution in [0, 0.1) is 0 Å². The number of aromatic amines is 2. The fraction of sp³-hybridized carbons (Fsp3) is 0. The standard InChI is InChI=1S/C20H16N6O3/c27-18(15-10-21-17-16(15)19(28)23-11-22-17)24-13-7-4-8-14(9-13)26-20(29)25-12-5-2-1-3-6-12/h1-11H,(H,24,27)(H2,25,26,29)(H2,21,22,23,28). The van der Waals surface area contributed by atoms with Gasteiger partial charge in [0, 0.05) is 23.3 Å². The highest BCUT2D eigenvalue weighted by molar-refractivity contribution is 6.12. The number of amides is 3. The highest BCUT2D eigenvalue weighted by Gasteiger charge is 2.16. The molecule has 0 aliphatic heterocycles. The first-order chi connectivity index (χ1) is 14.1. The summed E-state index contributed by atoms with van der Waals surface area (Å²) in [6.45, 7) is 0. The molecule has 0 spiro atoms. The monoisotopic (exact) mass is 388 g/mol. The van der Waals surface area contributed by atoms with Crippen molar-refractivity contribution in [2.75, 3.05) is 16.0 Å². The number of rotatable bonds is 4. The van der Waals surface area contributed by atoms with E-state index in [0.717, 1.165) is 0 Å². The number of nitrogens with zero attached hydrogens (tertiary/aromatic N) is 1. The first kappa shape index (κ1) is 18.0. The third-order valence-electron chi connectivity index (χ3n) is 4.13. The van der Waals surface area contributed by atoms with Crippen LogP contribution in [-0.2, 0) is 0 Å². The van der Waals surface area contributed by atoms with Crippen molar-refractivity contribution < 1.29 is 9.59 Å². The van der Waals surface area contributed by atoms with Gasteiger partial charge >= 0.3 is 6.03 Å². The summed E-state index contributed by atoms with van der Waals surface area (Å²) in [7, 11) is 0. The van der Waals surface area contributed by atoms with Gasteiger partial charge in [-0.3, -0.25) is 9.59 Å². The Morgan fingerprint density at radius 1 is 0.828 bits per heavy atom. The van der Waals surface area contributed by atoms with Crippen LogP contribution in [0.5, 0.6) is 0 Å². The Labute approximate surface area is 164 Å². The molecular weight excluding hydrogens is 372 g/mol. The second-order valence-electron chi connectivity index (χ2n) is 6.14. The van der Waals surface area contributed by atoms with Gasteiger partial charge < -0.3 is 25.9 Å². The van der Waals surface area contributed by atoms with E-state index in [2.05, 4.69) is 30.9 Å². The van der Waals surface area contributed by atoms with Crippen LogP contribution in [0.3, 0.4) is 0 Å². The SMILES string of the molecule is O=C(Nc1ccccc1)Nc1cccc(NC(=O)c2c[nH]c3nc[nH]c(=O)c23)c1. The molecule has 3 amide bonds. The largest absolute Gasteiger partial charge is 0.345 e. The van der Waals surface area contributed by atoms with E-state index < -0.39 is 17.5 Å². The Hall–Kier alpha value is -4.40. The molecule has 0 saturated carbocycles. The number of carbonyl (C=O) groups is 2. The van der Waals surface area contributed by atoms with Crippen molar-refractivity contribution in [3.63, 3.8) is 0 Å². The first-order valence-electron chi connectivity index (χ1n) is 8.69. The van der Waals surface area contributed by atoms with Crippen molar-refractivity contribution >= 4 is 40.0 Å². The molecule has 4 aromatic rings. The van der Waals surface area contributed by atoms with E-state index >= 15 is 0 Å². The summed E-state index contributed by atoms with van der Waals surface area (Å²) in [5.41, 5.74) is 1.71. The highest BCUT2D eigenvalue weighted by atomic mass is 16.2. The number of H-pyrrole nitrogens is 2. The third kappa shape index (κ3) is 3.98. The van der Waals surface area contributed by atoms with Crippen LogP contribution in [0.4, 0.5) is 21.9 Å². The number of aromatic nitrogens is 3. The van der Waals surface area contributed by atoms with Crippen LogP contribution < -0.4 is 21.5 Å². The Morgan fingerprint density at radius 2 is 1.52 bits per heavy atom. The van der Waals surface area contributed by atoms with Gasteiger partial charge in [0.15, 0.2) is 0 Å². The number of urea groups is 1. The Morgan fingerprint density at radius 3 is 2.31 bits per heavy atom. The topological polar surface area (TPSA) is 132 Å². The smallest absolute Gasteiger partial charge is 0.323 e. The van der Waals surface area contributed by atoms with E-state index in [1.807, 2.05) is 18.2 Å². The summed E-state index contributed by atoms with van der Waals surface area (Å²) in [6, 6.07) is 15.3. The van der Waals surface area contributed by atoms with Crippen molar-refractivity contribution in [3.05, 3.63) is 83.0 Å². The summed E-state index contributed by atoms with van der Waals surface area (Å²) in [4.78, 5) is 46.0. The molecule has 4 rings (SSSR count). The van der Waals surface area contributed by atoms with Gasteiger partial charge in [-0.2, -0.15) is 0 Å². The summed E-state index contributed by atoms with van der Waals surface area (Å²) in [5.74, 6) is -0.472. The van der Waals surface area contributed by atoms with Gasteiger partial charge in [0.05, 0.1) is 17.3 Å². The zero-order chi connectivity index (χ0) is 20.2. The molecule has 0 radical (unpaired) electrons. The lowest BCUT2D eigenvalue weighted by Crippen LogP contribution is -2.19. The quantitative estimate of drug-likeness (QED) is 0.367. The molecule has 9 heteroatoms. The van der Waals surface area contributed by atoms with Gasteiger partial charge in [0.25, 0.3) is 11.5 Å². The van der Waals surface area contributed by atoms with E-state index in [1.165, 1.54) is 12.5 Å². The van der Waals surface area contributed by atoms with Gasteiger partial charge in [-0.1, -0.05) is 24.3 Å². The summed E-state index contributed by atoms with van der Waals surface area (Å²) in [6.07, 6.45) is 2.69. The van der Waals surface area contributed by atoms with Crippen molar-refractivity contribution in [1.29, 1.82) is 0 Å². The maximum absolute atomic E-state index is 12.6. The summed E-state index contributed by atoms with van der Waals surface area (Å²) in [5, 5.41) is 8.32. The molecule has 0 aliphatic carbocycles. The average molecular weight is 388 g/mol. The normalized spacial score (nSPS) is 10.5. The van der Waals surface area contributed by atoms with Crippen molar-refractivity contribution in [3.8, 4) is 0 Å². The molecule has 0 unspecified atom stereocenters. The maximum Gasteiger partial charge on any atom is 0.323 e. The van der Waals surface area contributed by atoms with Crippen LogP contribution >= 0.6 is 0 Å². The molecule has 9 nitrogen and oxygen atoms in total. The Kier molecular flexibility index (Phi) is 4.77. The minimum Gasteiger partial charge on any atom is -0.345 e. The van der Waals surface area contributed by atoms with E-state index in [9.17, 15) is 14.4 Å². The number of hydrogen-bond acceptors (Lipinski definition) is 4. The fourth-order valence-electron chi connectivity index (χ4n) is 2.84. The molecule has 29 heavy (non-hydrogen) atoms. The minimum absolute atomic E-state index is 0.175. The molecule has 2 heterocycles. The number of fused-ring (bicyclic) bond motifs is 1. The van der Waals surface area contributed by atoms with Crippen molar-refractivity contribution in [2.45, 2.75) is 0 Å². The molecule has 0 bridgehead atoms. The van der Waals surface area contributed by atoms with E-state index in [-0.39, 0.29) is 10.9 Å². The average Bonchev–Trinajstić information content (AvgIpc) is 3.15. The molecular formula is C20H16N6O3. The van der Waals surface area contributed by atoms with E-state index in [4.69, 9.17) is 0 Å². The third-order valence-corrected chi connectivity index (χ3v) is 4.13. The van der Waals surface area contributed by atoms with Crippen LogP contribution in [0.25, 0.3) is 11.0 Å². The minimum atomic E-state index is -0.472. The molecule has 0 atom stereocenters. The Bertz CT molecular complexity index is 1250. The first-order valence-corrected chi connectivity index (χ1v) is 8.69. The van der Waals surface area contributed by atoms with Crippen molar-refractivity contribution in [2.24, 2.45) is 0 Å². The number of nitrogens with one attached hydrogen (secondary N) is 5. The van der Waals surface area contributed by atoms with Crippen LogP contribution in [0.15, 0.2) is 71.9 Å². The predicted molar refractivity (Wildman–Crippen MR) is 110 cm³/mol. The fourth-order valence-corrected chi connectivity index (χ4v) is 2.84. The molecule has 2 aromatic carbocycles. The molecule has 0 aliphatic rings. The van der Waals surface area contributed by atoms with Gasteiger partial charge in [-0.25, -0.2) is 9.78 Å². The predicted octanol–water partition coefficient (Wildman–Crippen LogP) is 3.15. The second-order valence-corrected chi connectivity index (χ2v) is 6.14. The molecule has 0 saturated heterocycles. The summed E-state index contributed by atoms with van der Waals surface area (Å²) >= 11 is 0. The highest BCUT2D eigenvalue weighted by Crippen LogP contribution is 2.18. The van der Waals surface area contributed by atoms with Gasteiger partial charge in [0.1, 0.15) is 5.65 Å². The van der Waals surface area contributed by atoms with Crippen LogP contribution in [0.2, 0.25) is 0 Å². The van der Waals surface area contributed by atoms with Crippen LogP contribution in [0.1, 0.15) is 10.4 Å². The second kappa shape index (κ2) is 7.69. The number of carbonyl (C=O) groups excluding carboxylic acids is 2. The van der Waals surface area contributed by atoms with Gasteiger partial charge in [-0.15, -0.1) is 0 Å². The van der Waals surface area contributed by atoms with Crippen molar-refractivity contribution in [1.82, 2.24) is 15.0 Å². The Balaban J connectivity index is 1.48. The maximum atomic E-state index is 12.6. The number of anilines is 3. The molecule has 144 valence electrons. The summed E-state index contributed by atoms with van der Waals surface area (Å²) < 4.78 is 0. The molecule has 2 aromatic heterocycles. The van der Waals surface area contributed by atoms with Gasteiger partial charge in [0.2, 0.25) is 0 Å². The lowest BCUT2D eigenvalue weighted by atomic mass is 10.2. The lowest BCUT2D eigenvalue weighted by Gasteiger charge is -2.10. The zero-order valence-corrected chi connectivity index (χ0v) is 15.0. The van der Waals surface area contributed by atoms with E-state index in [0.29, 0.717) is 22.7 Å². The van der Waals surface area contributed by atoms with Gasteiger partial charge in [-0.05, 0) is 30.3 Å². The number of benzene rings is 2.